The molecule has 0 aromatic heterocycles. The number of nitrogens with zero attached hydrogens (tertiary/aromatic N) is 1. The molecule has 2 N–H and O–H groups in total. The van der Waals surface area contributed by atoms with Gasteiger partial charge in [-0.05, 0) is 6.92 Å². The predicted octanol–water partition coefficient (Wildman–Crippen LogP) is -0.247. The molecule has 0 spiro atoms. The largest absolute Gasteiger partial charge is 0.329 e. The summed E-state index contributed by atoms with van der Waals surface area (Å²) >= 11 is 1.70. The minimum atomic E-state index is -2.98. The number of rotatable bonds is 3. The highest BCUT2D eigenvalue weighted by Gasteiger charge is 2.33. The van der Waals surface area contributed by atoms with Crippen LogP contribution in [0, 0.1) is 0 Å². The minimum Gasteiger partial charge on any atom is -0.329 e. The second-order valence-electron chi connectivity index (χ2n) is 3.68. The quantitative estimate of drug-likeness (QED) is 0.735. The van der Waals surface area contributed by atoms with Gasteiger partial charge in [0.05, 0.1) is 0 Å². The second-order valence-corrected chi connectivity index (χ2v) is 7.03. The van der Waals surface area contributed by atoms with Gasteiger partial charge < -0.3 is 5.73 Å². The van der Waals surface area contributed by atoms with Crippen molar-refractivity contribution >= 4 is 21.6 Å². The van der Waals surface area contributed by atoms with Crippen LogP contribution in [0.2, 0.25) is 0 Å². The van der Waals surface area contributed by atoms with Crippen molar-refractivity contribution in [2.45, 2.75) is 18.3 Å². The Morgan fingerprint density at radius 3 is 2.79 bits per heavy atom. The van der Waals surface area contributed by atoms with Crippen LogP contribution in [0.4, 0.5) is 0 Å². The molecule has 84 valence electrons. The van der Waals surface area contributed by atoms with Crippen LogP contribution in [-0.2, 0) is 9.84 Å². The van der Waals surface area contributed by atoms with Crippen molar-refractivity contribution in [3.8, 4) is 0 Å². The highest BCUT2D eigenvalue weighted by atomic mass is 32.2. The van der Waals surface area contributed by atoms with Crippen LogP contribution in [0.3, 0.4) is 0 Å². The molecule has 1 fully saturated rings. The van der Waals surface area contributed by atoms with Crippen LogP contribution in [0.15, 0.2) is 0 Å². The molecule has 6 heteroatoms. The molecule has 0 bridgehead atoms. The second kappa shape index (κ2) is 4.83. The Labute approximate surface area is 90.1 Å². The Kier molecular flexibility index (Phi) is 4.24. The molecule has 1 aliphatic heterocycles. The fourth-order valence-electron chi connectivity index (χ4n) is 1.60. The molecule has 1 heterocycles. The topological polar surface area (TPSA) is 63.4 Å². The molecule has 1 aliphatic rings. The van der Waals surface area contributed by atoms with Gasteiger partial charge in [0.15, 0.2) is 9.84 Å². The summed E-state index contributed by atoms with van der Waals surface area (Å²) in [5.74, 6) is 1.67. The summed E-state index contributed by atoms with van der Waals surface area (Å²) in [6, 6.07) is 0.149. The highest BCUT2D eigenvalue weighted by Crippen LogP contribution is 2.21. The Balaban J connectivity index is 2.79. The lowest BCUT2D eigenvalue weighted by Crippen LogP contribution is -2.52. The van der Waals surface area contributed by atoms with E-state index in [0.29, 0.717) is 12.3 Å². The van der Waals surface area contributed by atoms with Crippen LogP contribution < -0.4 is 5.73 Å². The van der Waals surface area contributed by atoms with E-state index < -0.39 is 9.84 Å². The van der Waals surface area contributed by atoms with Gasteiger partial charge in [0.1, 0.15) is 5.37 Å². The molecule has 0 saturated carbocycles. The van der Waals surface area contributed by atoms with E-state index in [4.69, 9.17) is 5.73 Å². The van der Waals surface area contributed by atoms with Gasteiger partial charge >= 0.3 is 0 Å². The van der Waals surface area contributed by atoms with Crippen LogP contribution in [0.1, 0.15) is 6.92 Å². The van der Waals surface area contributed by atoms with E-state index in [1.165, 1.54) is 6.26 Å². The fraction of sp³-hybridized carbons (Fsp3) is 1.00. The van der Waals surface area contributed by atoms with Gasteiger partial charge in [0, 0.05) is 36.9 Å². The average molecular weight is 238 g/mol. The van der Waals surface area contributed by atoms with Crippen LogP contribution >= 0.6 is 11.8 Å². The molecule has 0 aliphatic carbocycles. The van der Waals surface area contributed by atoms with Gasteiger partial charge in [0.2, 0.25) is 0 Å². The first kappa shape index (κ1) is 12.3. The summed E-state index contributed by atoms with van der Waals surface area (Å²) in [6.07, 6.45) is 1.31. The number of sulfone groups is 1. The molecule has 4 nitrogen and oxygen atoms in total. The highest BCUT2D eigenvalue weighted by molar-refractivity contribution is 8.00. The summed E-state index contributed by atoms with van der Waals surface area (Å²) in [5, 5.41) is -0.347. The van der Waals surface area contributed by atoms with E-state index in [1.54, 1.807) is 11.8 Å². The summed E-state index contributed by atoms with van der Waals surface area (Å²) in [7, 11) is -2.98. The molecule has 0 amide bonds. The van der Waals surface area contributed by atoms with Gasteiger partial charge in [-0.1, -0.05) is 0 Å². The van der Waals surface area contributed by atoms with Crippen molar-refractivity contribution in [3.05, 3.63) is 0 Å². The van der Waals surface area contributed by atoms with Gasteiger partial charge in [-0.3, -0.25) is 4.90 Å². The summed E-state index contributed by atoms with van der Waals surface area (Å²) in [5.41, 5.74) is 5.57. The first-order valence-electron chi connectivity index (χ1n) is 4.69. The van der Waals surface area contributed by atoms with Crippen molar-refractivity contribution in [3.63, 3.8) is 0 Å². The van der Waals surface area contributed by atoms with E-state index >= 15 is 0 Å². The lowest BCUT2D eigenvalue weighted by molar-refractivity contribution is 0.209. The number of thioether (sulfide) groups is 1. The van der Waals surface area contributed by atoms with Crippen LogP contribution in [0.5, 0.6) is 0 Å². The van der Waals surface area contributed by atoms with E-state index in [9.17, 15) is 8.42 Å². The first-order valence-corrected chi connectivity index (χ1v) is 7.80. The molecule has 14 heavy (non-hydrogen) atoms. The maximum absolute atomic E-state index is 11.5. The SMILES string of the molecule is CC(CN)N1CCSCC1S(C)(=O)=O. The Bertz CT molecular complexity index is 279. The molecule has 0 aromatic rings. The standard InChI is InChI=1S/C8H18N2O2S2/c1-7(5-9)10-3-4-13-6-8(10)14(2,11)12/h7-8H,3-6,9H2,1-2H3. The number of hydrogen-bond donors (Lipinski definition) is 1. The van der Waals surface area contributed by atoms with E-state index in [1.807, 2.05) is 11.8 Å². The third-order valence-corrected chi connectivity index (χ3v) is 5.19. The molecule has 0 radical (unpaired) electrons. The number of hydrogen-bond acceptors (Lipinski definition) is 5. The van der Waals surface area contributed by atoms with Crippen molar-refractivity contribution in [2.24, 2.45) is 5.73 Å². The van der Waals surface area contributed by atoms with Crippen LogP contribution in [0.25, 0.3) is 0 Å². The molecule has 2 unspecified atom stereocenters. The molecular formula is C8H18N2O2S2. The van der Waals surface area contributed by atoms with E-state index in [-0.39, 0.29) is 11.4 Å². The zero-order valence-corrected chi connectivity index (χ0v) is 10.3. The van der Waals surface area contributed by atoms with Gasteiger partial charge in [-0.25, -0.2) is 8.42 Å². The Morgan fingerprint density at radius 1 is 1.64 bits per heavy atom. The lowest BCUT2D eigenvalue weighted by atomic mass is 10.3. The van der Waals surface area contributed by atoms with E-state index in [2.05, 4.69) is 0 Å². The maximum Gasteiger partial charge on any atom is 0.164 e. The Morgan fingerprint density at radius 2 is 2.29 bits per heavy atom. The first-order chi connectivity index (χ1) is 6.46. The third kappa shape index (κ3) is 2.85. The lowest BCUT2D eigenvalue weighted by Gasteiger charge is -2.37. The zero-order chi connectivity index (χ0) is 10.8. The molecule has 0 aromatic carbocycles. The minimum absolute atomic E-state index is 0.149. The molecule has 1 saturated heterocycles. The maximum atomic E-state index is 11.5. The normalized spacial score (nSPS) is 27.5. The molecular weight excluding hydrogens is 220 g/mol. The summed E-state index contributed by atoms with van der Waals surface area (Å²) < 4.78 is 23.0. The van der Waals surface area contributed by atoms with Gasteiger partial charge in [-0.15, -0.1) is 0 Å². The zero-order valence-electron chi connectivity index (χ0n) is 8.64. The molecule has 2 atom stereocenters. The van der Waals surface area contributed by atoms with E-state index in [0.717, 1.165) is 12.3 Å². The Hall–Kier alpha value is 0.220. The van der Waals surface area contributed by atoms with Crippen molar-refractivity contribution in [2.75, 3.05) is 30.9 Å². The number of nitrogens with two attached hydrogens (primary N) is 1. The summed E-state index contributed by atoms with van der Waals surface area (Å²) in [6.45, 7) is 3.31. The average Bonchev–Trinajstić information content (AvgIpc) is 2.15. The monoisotopic (exact) mass is 238 g/mol. The van der Waals surface area contributed by atoms with Crippen LogP contribution in [-0.4, -0.2) is 55.6 Å². The van der Waals surface area contributed by atoms with Crippen molar-refractivity contribution < 1.29 is 8.42 Å². The van der Waals surface area contributed by atoms with Crippen molar-refractivity contribution in [1.82, 2.24) is 4.90 Å². The fourth-order valence-corrected chi connectivity index (χ4v) is 4.59. The van der Waals surface area contributed by atoms with Gasteiger partial charge in [0.25, 0.3) is 0 Å². The van der Waals surface area contributed by atoms with Gasteiger partial charge in [-0.2, -0.15) is 11.8 Å². The third-order valence-electron chi connectivity index (χ3n) is 2.53. The smallest absolute Gasteiger partial charge is 0.164 e. The predicted molar refractivity (Wildman–Crippen MR) is 61.2 cm³/mol. The summed E-state index contributed by atoms with van der Waals surface area (Å²) in [4.78, 5) is 2.01. The van der Waals surface area contributed by atoms with Crippen molar-refractivity contribution in [1.29, 1.82) is 0 Å². The molecule has 1 rings (SSSR count).